The van der Waals surface area contributed by atoms with Gasteiger partial charge in [0.1, 0.15) is 54.9 Å². The Kier molecular flexibility index (Phi) is 39.4. The van der Waals surface area contributed by atoms with E-state index in [2.05, 4.69) is 13.8 Å². The third-order valence-corrected chi connectivity index (χ3v) is 13.9. The molecule has 0 spiro atoms. The number of unbranched alkanes of at least 4 members (excludes halogenated alkanes) is 32. The molecule has 404 valence electrons. The highest BCUT2D eigenvalue weighted by Gasteiger charge is 2.47. The third-order valence-electron chi connectivity index (χ3n) is 13.9. The summed E-state index contributed by atoms with van der Waals surface area (Å²) in [7, 11) is 0. The molecule has 68 heavy (non-hydrogen) atoms. The summed E-state index contributed by atoms with van der Waals surface area (Å²) in [5.74, 6) is -0.368. The Morgan fingerprint density at radius 3 is 1.19 bits per heavy atom. The molecule has 2 heterocycles. The highest BCUT2D eigenvalue weighted by Crippen LogP contribution is 2.27. The van der Waals surface area contributed by atoms with Crippen LogP contribution in [-0.2, 0) is 33.2 Å². The van der Waals surface area contributed by atoms with Crippen LogP contribution in [0.3, 0.4) is 0 Å². The Bertz CT molecular complexity index is 1130. The second kappa shape index (κ2) is 42.5. The van der Waals surface area contributed by atoms with Crippen molar-refractivity contribution in [1.29, 1.82) is 0 Å². The second-order valence-electron chi connectivity index (χ2n) is 20.1. The molecular weight excluding hydrogens is 873 g/mol. The lowest BCUT2D eigenvalue weighted by Crippen LogP contribution is -2.61. The molecule has 7 N–H and O–H groups in total. The monoisotopic (exact) mass is 977 g/mol. The van der Waals surface area contributed by atoms with Crippen LogP contribution in [-0.4, -0.2) is 142 Å². The van der Waals surface area contributed by atoms with E-state index in [4.69, 9.17) is 28.4 Å². The van der Waals surface area contributed by atoms with Gasteiger partial charge in [0.25, 0.3) is 0 Å². The molecular formula is C54H104O14. The molecule has 2 saturated heterocycles. The van der Waals surface area contributed by atoms with Gasteiger partial charge in [0.2, 0.25) is 0 Å². The first-order valence-electron chi connectivity index (χ1n) is 28.1. The molecule has 0 amide bonds. The average molecular weight is 977 g/mol. The van der Waals surface area contributed by atoms with Gasteiger partial charge in [-0.25, -0.2) is 0 Å². The van der Waals surface area contributed by atoms with Crippen molar-refractivity contribution in [3.63, 3.8) is 0 Å². The fourth-order valence-electron chi connectivity index (χ4n) is 9.29. The number of carbonyl (C=O) groups excluding carboxylic acids is 1. The maximum Gasteiger partial charge on any atom is 0.306 e. The molecule has 2 aliphatic rings. The maximum absolute atomic E-state index is 13.0. The number of ether oxygens (including phenoxy) is 6. The summed E-state index contributed by atoms with van der Waals surface area (Å²) >= 11 is 0. The molecule has 0 aromatic rings. The normalized spacial score (nSPS) is 25.8. The van der Waals surface area contributed by atoms with Gasteiger partial charge in [-0.15, -0.1) is 0 Å². The predicted octanol–water partition coefficient (Wildman–Crippen LogP) is 9.25. The van der Waals surface area contributed by atoms with Crippen molar-refractivity contribution in [3.05, 3.63) is 0 Å². The number of aliphatic hydroxyl groups is 7. The molecule has 0 aliphatic carbocycles. The molecule has 2 fully saturated rings. The largest absolute Gasteiger partial charge is 0.457 e. The van der Waals surface area contributed by atoms with E-state index in [1.165, 1.54) is 173 Å². The standard InChI is InChI=1S/C54H104O14/c1-3-5-7-9-11-13-15-17-18-19-20-21-22-23-24-25-26-27-29-31-33-35-37-46(56)66-43(40-63-38-36-34-32-30-28-16-14-12-10-8-6-4-2)41-64-53-52(62)50(60)48(58)45(68-53)42-65-54-51(61)49(59)47(57)44(39-55)67-54/h43-45,47-55,57-62H,3-42H2,1-2H3. The summed E-state index contributed by atoms with van der Waals surface area (Å²) in [5, 5.41) is 72.2. The van der Waals surface area contributed by atoms with E-state index in [-0.39, 0.29) is 25.6 Å². The van der Waals surface area contributed by atoms with Crippen molar-refractivity contribution in [2.75, 3.05) is 33.0 Å². The van der Waals surface area contributed by atoms with E-state index in [0.717, 1.165) is 44.9 Å². The van der Waals surface area contributed by atoms with E-state index in [1.807, 2.05) is 0 Å². The molecule has 11 atom stereocenters. The predicted molar refractivity (Wildman–Crippen MR) is 266 cm³/mol. The number of hydrogen-bond donors (Lipinski definition) is 7. The Morgan fingerprint density at radius 2 is 0.779 bits per heavy atom. The van der Waals surface area contributed by atoms with Gasteiger partial charge in [0.15, 0.2) is 12.6 Å². The van der Waals surface area contributed by atoms with Gasteiger partial charge in [0, 0.05) is 13.0 Å². The minimum atomic E-state index is -1.70. The minimum absolute atomic E-state index is 0.0702. The van der Waals surface area contributed by atoms with Crippen LogP contribution in [0.25, 0.3) is 0 Å². The van der Waals surface area contributed by atoms with Crippen LogP contribution < -0.4 is 0 Å². The van der Waals surface area contributed by atoms with Crippen molar-refractivity contribution in [2.45, 2.75) is 306 Å². The molecule has 2 aliphatic heterocycles. The zero-order chi connectivity index (χ0) is 49.5. The second-order valence-corrected chi connectivity index (χ2v) is 20.1. The number of aliphatic hydroxyl groups excluding tert-OH is 7. The van der Waals surface area contributed by atoms with Gasteiger partial charge < -0.3 is 64.2 Å². The van der Waals surface area contributed by atoms with Crippen LogP contribution >= 0.6 is 0 Å². The lowest BCUT2D eigenvalue weighted by atomic mass is 9.98. The first kappa shape index (κ1) is 63.1. The Labute approximate surface area is 412 Å². The average Bonchev–Trinajstić information content (AvgIpc) is 3.33. The zero-order valence-electron chi connectivity index (χ0n) is 43.1. The van der Waals surface area contributed by atoms with Crippen LogP contribution in [0.1, 0.15) is 239 Å². The minimum Gasteiger partial charge on any atom is -0.457 e. The van der Waals surface area contributed by atoms with E-state index in [1.54, 1.807) is 0 Å². The summed E-state index contributed by atoms with van der Waals surface area (Å²) in [6, 6.07) is 0. The first-order chi connectivity index (χ1) is 33.1. The first-order valence-corrected chi connectivity index (χ1v) is 28.1. The molecule has 14 nitrogen and oxygen atoms in total. The number of carbonyl (C=O) groups is 1. The maximum atomic E-state index is 13.0. The van der Waals surface area contributed by atoms with Crippen LogP contribution in [0.15, 0.2) is 0 Å². The highest BCUT2D eigenvalue weighted by molar-refractivity contribution is 5.69. The fraction of sp³-hybridized carbons (Fsp3) is 0.981. The molecule has 14 heteroatoms. The molecule has 0 aromatic carbocycles. The van der Waals surface area contributed by atoms with Gasteiger partial charge in [0.05, 0.1) is 26.4 Å². The lowest BCUT2D eigenvalue weighted by Gasteiger charge is -2.42. The zero-order valence-corrected chi connectivity index (χ0v) is 43.1. The fourth-order valence-corrected chi connectivity index (χ4v) is 9.29. The van der Waals surface area contributed by atoms with Crippen molar-refractivity contribution >= 4 is 5.97 Å². The summed E-state index contributed by atoms with van der Waals surface area (Å²) < 4.78 is 34.3. The van der Waals surface area contributed by atoms with Gasteiger partial charge in [-0.3, -0.25) is 4.79 Å². The smallest absolute Gasteiger partial charge is 0.306 e. The van der Waals surface area contributed by atoms with Crippen molar-refractivity contribution in [1.82, 2.24) is 0 Å². The van der Waals surface area contributed by atoms with Crippen molar-refractivity contribution < 1.29 is 69.0 Å². The van der Waals surface area contributed by atoms with Crippen LogP contribution in [0, 0.1) is 0 Å². The van der Waals surface area contributed by atoms with Crippen LogP contribution in [0.2, 0.25) is 0 Å². The van der Waals surface area contributed by atoms with E-state index in [9.17, 15) is 40.5 Å². The quantitative estimate of drug-likeness (QED) is 0.0224. The summed E-state index contributed by atoms with van der Waals surface area (Å²) in [6.45, 7) is 3.74. The van der Waals surface area contributed by atoms with Gasteiger partial charge in [-0.2, -0.15) is 0 Å². The SMILES string of the molecule is CCCCCCCCCCCCCCCCCCCCCCCCC(=O)OC(COCCCCCCCCCCCCCC)COC1OC(COC2OC(CO)C(O)C(O)C2O)C(O)C(O)C1O. The van der Waals surface area contributed by atoms with Crippen LogP contribution in [0.4, 0.5) is 0 Å². The van der Waals surface area contributed by atoms with Gasteiger partial charge in [-0.1, -0.05) is 219 Å². The summed E-state index contributed by atoms with van der Waals surface area (Å²) in [6.07, 6.45) is 27.4. The molecule has 0 aromatic heterocycles. The summed E-state index contributed by atoms with van der Waals surface area (Å²) in [4.78, 5) is 13.0. The molecule has 2 rings (SSSR count). The summed E-state index contributed by atoms with van der Waals surface area (Å²) in [5.41, 5.74) is 0. The van der Waals surface area contributed by atoms with Gasteiger partial charge in [-0.05, 0) is 12.8 Å². The molecule has 0 saturated carbocycles. The molecule has 0 bridgehead atoms. The molecule has 0 radical (unpaired) electrons. The van der Waals surface area contributed by atoms with Crippen molar-refractivity contribution in [3.8, 4) is 0 Å². The van der Waals surface area contributed by atoms with Gasteiger partial charge >= 0.3 is 5.97 Å². The topological polar surface area (TPSA) is 214 Å². The van der Waals surface area contributed by atoms with Crippen molar-refractivity contribution in [2.24, 2.45) is 0 Å². The number of rotatable bonds is 46. The Morgan fingerprint density at radius 1 is 0.426 bits per heavy atom. The number of hydrogen-bond acceptors (Lipinski definition) is 14. The van der Waals surface area contributed by atoms with Crippen LogP contribution in [0.5, 0.6) is 0 Å². The third kappa shape index (κ3) is 29.5. The number of esters is 1. The lowest BCUT2D eigenvalue weighted by molar-refractivity contribution is -0.332. The molecule has 11 unspecified atom stereocenters. The van der Waals surface area contributed by atoms with E-state index in [0.29, 0.717) is 6.61 Å². The Balaban J connectivity index is 1.69. The highest BCUT2D eigenvalue weighted by atomic mass is 16.7. The van der Waals surface area contributed by atoms with E-state index < -0.39 is 80.7 Å². The Hall–Kier alpha value is -1.01. The van der Waals surface area contributed by atoms with E-state index >= 15 is 0 Å².